The van der Waals surface area contributed by atoms with Crippen LogP contribution in [0.1, 0.15) is 34.8 Å². The molecule has 0 saturated heterocycles. The molecule has 1 amide bonds. The van der Waals surface area contributed by atoms with E-state index in [2.05, 4.69) is 0 Å². The van der Waals surface area contributed by atoms with Gasteiger partial charge in [0.15, 0.2) is 11.4 Å². The lowest BCUT2D eigenvalue weighted by Gasteiger charge is -2.52. The third kappa shape index (κ3) is 2.52. The number of carbonyl (C=O) groups excluding carboxylic acids is 3. The molecule has 6 N–H and O–H groups in total. The van der Waals surface area contributed by atoms with E-state index in [9.17, 15) is 34.8 Å². The Morgan fingerprint density at radius 2 is 1.81 bits per heavy atom. The maximum absolute atomic E-state index is 13.5. The largest absolute Gasteiger partial charge is 0.510 e. The summed E-state index contributed by atoms with van der Waals surface area (Å²) in [6.45, 7) is 3.20. The van der Waals surface area contributed by atoms with Gasteiger partial charge in [-0.3, -0.25) is 19.3 Å². The highest BCUT2D eigenvalue weighted by Gasteiger charge is 2.65. The van der Waals surface area contributed by atoms with E-state index in [1.54, 1.807) is 39.2 Å². The van der Waals surface area contributed by atoms with Gasteiger partial charge in [0.1, 0.15) is 17.1 Å². The number of aliphatic hydroxyl groups excluding tert-OH is 2. The summed E-state index contributed by atoms with van der Waals surface area (Å²) in [6, 6.07) is 3.95. The van der Waals surface area contributed by atoms with Crippen LogP contribution in [0.5, 0.6) is 0 Å². The van der Waals surface area contributed by atoms with Crippen molar-refractivity contribution in [1.82, 2.24) is 4.90 Å². The van der Waals surface area contributed by atoms with Crippen molar-refractivity contribution in [3.8, 4) is 0 Å². The number of benzene rings is 1. The molecule has 0 radical (unpaired) electrons. The predicted molar refractivity (Wildman–Crippen MR) is 113 cm³/mol. The van der Waals surface area contributed by atoms with Gasteiger partial charge in [-0.1, -0.05) is 18.2 Å². The van der Waals surface area contributed by atoms with Gasteiger partial charge in [0, 0.05) is 23.0 Å². The number of hydrogen-bond donors (Lipinski definition) is 5. The van der Waals surface area contributed by atoms with Gasteiger partial charge in [-0.25, -0.2) is 0 Å². The molecule has 4 rings (SSSR count). The van der Waals surface area contributed by atoms with Crippen LogP contribution in [-0.2, 0) is 15.2 Å². The number of ketones is 2. The molecule has 32 heavy (non-hydrogen) atoms. The third-order valence-electron chi connectivity index (χ3n) is 7.25. The smallest absolute Gasteiger partial charge is 0.255 e. The second-order valence-electron chi connectivity index (χ2n) is 9.26. The first-order valence-corrected chi connectivity index (χ1v) is 10.2. The maximum Gasteiger partial charge on any atom is 0.255 e. The summed E-state index contributed by atoms with van der Waals surface area (Å²) in [5, 5.41) is 45.0. The fourth-order valence-electron chi connectivity index (χ4n) is 5.70. The number of nitrogens with zero attached hydrogens (tertiary/aromatic N) is 1. The Kier molecular flexibility index (Phi) is 4.68. The Morgan fingerprint density at radius 3 is 2.38 bits per heavy atom. The van der Waals surface area contributed by atoms with Gasteiger partial charge in [-0.15, -0.1) is 0 Å². The summed E-state index contributed by atoms with van der Waals surface area (Å²) in [4.78, 5) is 40.1. The van der Waals surface area contributed by atoms with Gasteiger partial charge < -0.3 is 26.2 Å². The van der Waals surface area contributed by atoms with Crippen molar-refractivity contribution in [2.24, 2.45) is 17.6 Å². The van der Waals surface area contributed by atoms with Crippen LogP contribution in [0.3, 0.4) is 0 Å². The zero-order valence-corrected chi connectivity index (χ0v) is 18.2. The van der Waals surface area contributed by atoms with Crippen molar-refractivity contribution in [3.63, 3.8) is 0 Å². The normalized spacial score (nSPS) is 34.4. The highest BCUT2D eigenvalue weighted by Crippen LogP contribution is 2.55. The van der Waals surface area contributed by atoms with E-state index < -0.39 is 63.6 Å². The lowest BCUT2D eigenvalue weighted by molar-refractivity contribution is -0.151. The molecule has 0 bridgehead atoms. The van der Waals surface area contributed by atoms with Crippen molar-refractivity contribution in [2.45, 2.75) is 37.5 Å². The number of nitrogens with two attached hydrogens (primary N) is 1. The van der Waals surface area contributed by atoms with Crippen LogP contribution in [-0.4, -0.2) is 68.5 Å². The molecule has 0 heterocycles. The topological polar surface area (TPSA) is 161 Å². The lowest BCUT2D eigenvalue weighted by atomic mass is 9.55. The van der Waals surface area contributed by atoms with Crippen LogP contribution in [0.15, 0.2) is 40.9 Å². The quantitative estimate of drug-likeness (QED) is 0.411. The molecule has 0 spiro atoms. The van der Waals surface area contributed by atoms with Gasteiger partial charge in [0.2, 0.25) is 5.78 Å². The molecule has 9 heteroatoms. The molecule has 0 aromatic heterocycles. The molecule has 170 valence electrons. The second-order valence-corrected chi connectivity index (χ2v) is 9.26. The number of hydrogen-bond acceptors (Lipinski definition) is 8. The summed E-state index contributed by atoms with van der Waals surface area (Å²) >= 11 is 0. The van der Waals surface area contributed by atoms with E-state index >= 15 is 0 Å². The minimum absolute atomic E-state index is 0.118. The average molecular weight is 442 g/mol. The number of Topliss-reactive ketones (excluding diaryl/α,β-unsaturated/α-hetero) is 2. The molecule has 9 nitrogen and oxygen atoms in total. The third-order valence-corrected chi connectivity index (χ3v) is 7.25. The van der Waals surface area contributed by atoms with Gasteiger partial charge in [-0.2, -0.15) is 0 Å². The fourth-order valence-corrected chi connectivity index (χ4v) is 5.70. The summed E-state index contributed by atoms with van der Waals surface area (Å²) in [6.07, 6.45) is -0.118. The Hall–Kier alpha value is -3.01. The van der Waals surface area contributed by atoms with Crippen molar-refractivity contribution in [2.75, 3.05) is 14.1 Å². The molecular formula is C23H26N2O7. The van der Waals surface area contributed by atoms with E-state index in [0.29, 0.717) is 11.1 Å². The van der Waals surface area contributed by atoms with E-state index in [1.807, 2.05) is 0 Å². The minimum atomic E-state index is -2.66. The predicted octanol–water partition coefficient (Wildman–Crippen LogP) is 0.388. The number of rotatable bonds is 2. The highest BCUT2D eigenvalue weighted by molar-refractivity contribution is 6.24. The molecular weight excluding hydrogens is 416 g/mol. The number of amides is 1. The summed E-state index contributed by atoms with van der Waals surface area (Å²) < 4.78 is 0. The number of primary amides is 1. The van der Waals surface area contributed by atoms with Crippen LogP contribution in [0.2, 0.25) is 0 Å². The Balaban J connectivity index is 2.05. The zero-order chi connectivity index (χ0) is 23.9. The van der Waals surface area contributed by atoms with Crippen molar-refractivity contribution >= 4 is 17.5 Å². The first kappa shape index (κ1) is 22.2. The van der Waals surface area contributed by atoms with Crippen molar-refractivity contribution < 1.29 is 34.8 Å². The second kappa shape index (κ2) is 6.74. The molecule has 0 aliphatic heterocycles. The van der Waals surface area contributed by atoms with E-state index in [0.717, 1.165) is 0 Å². The van der Waals surface area contributed by atoms with Gasteiger partial charge in [0.05, 0.1) is 11.6 Å². The van der Waals surface area contributed by atoms with Crippen LogP contribution in [0, 0.1) is 18.8 Å². The first-order chi connectivity index (χ1) is 14.8. The standard InChI is InChI=1S/C23H26N2O7/c1-9-6-5-7-10-13(9)17(26)14-11(22(10,2)31)8-12-16(25(3)4)18(27)15(21(24)30)20(29)23(12,32)19(14)28/h5-7,11-12,16,27-28,31-32H,8H2,1-4H3,(H2,24,30)/t11-,12-,16-,22+,23-/m0/s1. The average Bonchev–Trinajstić information content (AvgIpc) is 2.68. The van der Waals surface area contributed by atoms with Gasteiger partial charge >= 0.3 is 0 Å². The summed E-state index contributed by atoms with van der Waals surface area (Å²) in [5.74, 6) is -6.78. The lowest BCUT2D eigenvalue weighted by Crippen LogP contribution is -2.65. The Labute approximate surface area is 184 Å². The van der Waals surface area contributed by atoms with E-state index in [4.69, 9.17) is 5.73 Å². The van der Waals surface area contributed by atoms with Crippen molar-refractivity contribution in [3.05, 3.63) is 57.6 Å². The summed E-state index contributed by atoms with van der Waals surface area (Å²) in [5.41, 5.74) is 1.09. The Morgan fingerprint density at radius 1 is 1.19 bits per heavy atom. The number of aryl methyl sites for hydroxylation is 1. The summed E-state index contributed by atoms with van der Waals surface area (Å²) in [7, 11) is 3.13. The molecule has 0 fully saturated rings. The van der Waals surface area contributed by atoms with Crippen LogP contribution in [0.4, 0.5) is 0 Å². The molecule has 0 unspecified atom stereocenters. The zero-order valence-electron chi connectivity index (χ0n) is 18.2. The van der Waals surface area contributed by atoms with Crippen molar-refractivity contribution in [1.29, 1.82) is 0 Å². The van der Waals surface area contributed by atoms with E-state index in [1.165, 1.54) is 11.8 Å². The SMILES string of the molecule is Cc1cccc2c1C(=O)C1=C(O)[C@]3(O)C(=O)C(C(N)=O)=C(O)[C@@H](N(C)C)[C@@H]3C[C@@H]1[C@]2(C)O. The molecule has 1 aromatic rings. The van der Waals surface area contributed by atoms with E-state index in [-0.39, 0.29) is 17.6 Å². The number of fused-ring (bicyclic) bond motifs is 3. The van der Waals surface area contributed by atoms with Crippen LogP contribution >= 0.6 is 0 Å². The monoisotopic (exact) mass is 442 g/mol. The van der Waals surface area contributed by atoms with Crippen LogP contribution in [0.25, 0.3) is 0 Å². The van der Waals surface area contributed by atoms with Gasteiger partial charge in [0.25, 0.3) is 5.91 Å². The number of carbonyl (C=O) groups is 3. The molecule has 0 saturated carbocycles. The fraction of sp³-hybridized carbons (Fsp3) is 0.435. The molecule has 5 atom stereocenters. The highest BCUT2D eigenvalue weighted by atomic mass is 16.3. The number of likely N-dealkylation sites (N-methyl/N-ethyl adjacent to an activating group) is 1. The first-order valence-electron chi connectivity index (χ1n) is 10.2. The molecule has 1 aromatic carbocycles. The Bertz CT molecular complexity index is 1150. The van der Waals surface area contributed by atoms with Crippen LogP contribution < -0.4 is 5.73 Å². The molecule has 3 aliphatic rings. The van der Waals surface area contributed by atoms with Gasteiger partial charge in [-0.05, 0) is 45.5 Å². The maximum atomic E-state index is 13.5. The minimum Gasteiger partial charge on any atom is -0.510 e. The molecule has 3 aliphatic carbocycles. The number of aliphatic hydroxyl groups is 4.